The summed E-state index contributed by atoms with van der Waals surface area (Å²) in [6.07, 6.45) is 51.8. The van der Waals surface area contributed by atoms with Crippen molar-refractivity contribution in [2.24, 2.45) is 0 Å². The lowest BCUT2D eigenvalue weighted by molar-refractivity contribution is -0.147. The first-order valence-corrected chi connectivity index (χ1v) is 23.3. The highest BCUT2D eigenvalue weighted by atomic mass is 31.2. The van der Waals surface area contributed by atoms with Crippen LogP contribution in [0.5, 0.6) is 0 Å². The van der Waals surface area contributed by atoms with Crippen LogP contribution in [-0.2, 0) is 32.7 Å². The first kappa shape index (κ1) is 55.4. The van der Waals surface area contributed by atoms with Gasteiger partial charge < -0.3 is 25.2 Å². The Morgan fingerprint density at radius 1 is 0.576 bits per heavy atom. The standard InChI is InChI=1S/C47H76NO10P/c1-3-5-7-9-11-13-15-17-19-20-21-22-23-24-25-26-28-30-32-34-36-38-45(50)48-44(47(52)53)42-58-59(54,55)57-41-43(49)40-56-46(51)39-37-35-33-31-29-27-18-16-14-12-10-8-6-4-2/h5,7,11,13,16-19,21-22,24-25,28,30,34,36,43-44,49H,3-4,6,8-10,12,14-15,20,23,26-27,29,31-33,35,37-42H2,1-2H3,(H,48,50)(H,52,53)(H,54,55)/b7-5-,13-11-,18-16-,19-17-,22-21-,25-24-,30-28-,36-34-. The smallest absolute Gasteiger partial charge is 0.472 e. The zero-order valence-corrected chi connectivity index (χ0v) is 36.9. The fraction of sp³-hybridized carbons (Fsp3) is 0.596. The van der Waals surface area contributed by atoms with Crippen molar-refractivity contribution < 1.29 is 47.8 Å². The van der Waals surface area contributed by atoms with E-state index in [1.807, 2.05) is 12.2 Å². The molecule has 0 saturated carbocycles. The number of aliphatic carboxylic acids is 1. The number of aliphatic hydroxyl groups excluding tert-OH is 1. The van der Waals surface area contributed by atoms with Crippen molar-refractivity contribution in [1.29, 1.82) is 0 Å². The largest absolute Gasteiger partial charge is 0.480 e. The van der Waals surface area contributed by atoms with E-state index in [1.54, 1.807) is 12.2 Å². The summed E-state index contributed by atoms with van der Waals surface area (Å²) in [5.74, 6) is -2.57. The van der Waals surface area contributed by atoms with Crippen molar-refractivity contribution in [1.82, 2.24) is 5.32 Å². The van der Waals surface area contributed by atoms with E-state index in [1.165, 1.54) is 32.1 Å². The Bertz CT molecular complexity index is 1360. The molecule has 11 nitrogen and oxygen atoms in total. The molecule has 0 fully saturated rings. The van der Waals surface area contributed by atoms with Crippen LogP contribution in [0.25, 0.3) is 0 Å². The van der Waals surface area contributed by atoms with Crippen LogP contribution in [0.2, 0.25) is 0 Å². The molecule has 0 rings (SSSR count). The third kappa shape index (κ3) is 40.9. The molecule has 59 heavy (non-hydrogen) atoms. The molecule has 1 amide bonds. The van der Waals surface area contributed by atoms with Crippen molar-refractivity contribution in [2.75, 3.05) is 19.8 Å². The molecule has 0 heterocycles. The molecule has 0 aliphatic heterocycles. The van der Waals surface area contributed by atoms with Gasteiger partial charge in [-0.1, -0.05) is 156 Å². The second kappa shape index (κ2) is 41.1. The average Bonchev–Trinajstić information content (AvgIpc) is 3.21. The first-order valence-electron chi connectivity index (χ1n) is 21.8. The fourth-order valence-electron chi connectivity index (χ4n) is 5.27. The van der Waals surface area contributed by atoms with Crippen molar-refractivity contribution >= 4 is 25.7 Å². The zero-order valence-electron chi connectivity index (χ0n) is 36.0. The van der Waals surface area contributed by atoms with Gasteiger partial charge in [-0.2, -0.15) is 0 Å². The Hall–Kier alpha value is -3.60. The maximum Gasteiger partial charge on any atom is 0.472 e. The van der Waals surface area contributed by atoms with Crippen LogP contribution < -0.4 is 5.32 Å². The van der Waals surface area contributed by atoms with Crippen LogP contribution >= 0.6 is 7.82 Å². The van der Waals surface area contributed by atoms with E-state index in [9.17, 15) is 34.1 Å². The number of esters is 1. The number of aliphatic hydroxyl groups is 1. The predicted molar refractivity (Wildman–Crippen MR) is 240 cm³/mol. The van der Waals surface area contributed by atoms with Crippen LogP contribution in [0.1, 0.15) is 149 Å². The number of rotatable bonds is 39. The van der Waals surface area contributed by atoms with Crippen molar-refractivity contribution in [3.63, 3.8) is 0 Å². The molecule has 0 spiro atoms. The van der Waals surface area contributed by atoms with Gasteiger partial charge >= 0.3 is 19.8 Å². The van der Waals surface area contributed by atoms with E-state index >= 15 is 0 Å². The van der Waals surface area contributed by atoms with Crippen molar-refractivity contribution in [2.45, 2.75) is 161 Å². The van der Waals surface area contributed by atoms with Crippen molar-refractivity contribution in [3.8, 4) is 0 Å². The number of phosphoric acid groups is 1. The summed E-state index contributed by atoms with van der Waals surface area (Å²) >= 11 is 0. The third-order valence-electron chi connectivity index (χ3n) is 8.64. The molecular formula is C47H76NO10P. The second-order valence-corrected chi connectivity index (χ2v) is 15.6. The molecule has 0 radical (unpaired) electrons. The number of allylic oxidation sites excluding steroid dienone is 15. The number of ether oxygens (including phenoxy) is 1. The number of hydrogen-bond donors (Lipinski definition) is 4. The summed E-state index contributed by atoms with van der Waals surface area (Å²) in [4.78, 5) is 45.8. The van der Waals surface area contributed by atoms with E-state index < -0.39 is 57.6 Å². The number of carboxylic acids is 1. The number of carboxylic acid groups (broad SMARTS) is 1. The minimum absolute atomic E-state index is 0.0954. The van der Waals surface area contributed by atoms with Gasteiger partial charge in [-0.25, -0.2) is 9.36 Å². The molecule has 334 valence electrons. The van der Waals surface area contributed by atoms with E-state index in [2.05, 4.69) is 92.1 Å². The summed E-state index contributed by atoms with van der Waals surface area (Å²) in [7, 11) is -4.79. The molecule has 4 N–H and O–H groups in total. The summed E-state index contributed by atoms with van der Waals surface area (Å²) < 4.78 is 26.8. The van der Waals surface area contributed by atoms with Gasteiger partial charge in [0.25, 0.3) is 0 Å². The van der Waals surface area contributed by atoms with Gasteiger partial charge in [-0.15, -0.1) is 0 Å². The van der Waals surface area contributed by atoms with Crippen molar-refractivity contribution in [3.05, 3.63) is 97.2 Å². The Morgan fingerprint density at radius 2 is 1.02 bits per heavy atom. The molecule has 0 bridgehead atoms. The fourth-order valence-corrected chi connectivity index (χ4v) is 6.04. The van der Waals surface area contributed by atoms with Crippen LogP contribution in [-0.4, -0.2) is 64.9 Å². The van der Waals surface area contributed by atoms with Gasteiger partial charge in [-0.3, -0.25) is 18.6 Å². The predicted octanol–water partition coefficient (Wildman–Crippen LogP) is 11.3. The minimum Gasteiger partial charge on any atom is -0.480 e. The maximum absolute atomic E-state index is 12.3. The Balaban J connectivity index is 4.09. The lowest BCUT2D eigenvalue weighted by Gasteiger charge is -2.18. The molecule has 3 atom stereocenters. The molecule has 0 aliphatic rings. The van der Waals surface area contributed by atoms with Crippen LogP contribution in [0.4, 0.5) is 0 Å². The van der Waals surface area contributed by atoms with E-state index in [4.69, 9.17) is 13.8 Å². The molecular weight excluding hydrogens is 769 g/mol. The van der Waals surface area contributed by atoms with Gasteiger partial charge in [0.1, 0.15) is 12.7 Å². The number of nitrogens with one attached hydrogen (secondary N) is 1. The highest BCUT2D eigenvalue weighted by Crippen LogP contribution is 2.43. The van der Waals surface area contributed by atoms with Crippen LogP contribution in [0, 0.1) is 0 Å². The van der Waals surface area contributed by atoms with Crippen LogP contribution in [0.15, 0.2) is 97.2 Å². The quantitative estimate of drug-likeness (QED) is 0.0202. The van der Waals surface area contributed by atoms with Gasteiger partial charge in [0.05, 0.1) is 13.2 Å². The Morgan fingerprint density at radius 3 is 1.51 bits per heavy atom. The number of carbonyl (C=O) groups is 3. The molecule has 0 aromatic heterocycles. The third-order valence-corrected chi connectivity index (χ3v) is 9.59. The lowest BCUT2D eigenvalue weighted by Crippen LogP contribution is -2.43. The summed E-state index contributed by atoms with van der Waals surface area (Å²) in [5.41, 5.74) is 0. The van der Waals surface area contributed by atoms with Gasteiger partial charge in [0, 0.05) is 12.8 Å². The Labute approximate surface area is 355 Å². The summed E-state index contributed by atoms with van der Waals surface area (Å²) in [6, 6.07) is -1.61. The molecule has 0 aliphatic carbocycles. The molecule has 0 aromatic rings. The number of amides is 1. The van der Waals surface area contributed by atoms with Crippen LogP contribution in [0.3, 0.4) is 0 Å². The van der Waals surface area contributed by atoms with Gasteiger partial charge in [0.15, 0.2) is 6.04 Å². The number of hydrogen-bond acceptors (Lipinski definition) is 8. The first-order chi connectivity index (χ1) is 28.6. The maximum atomic E-state index is 12.3. The molecule has 0 saturated heterocycles. The highest BCUT2D eigenvalue weighted by Gasteiger charge is 2.28. The van der Waals surface area contributed by atoms with E-state index in [-0.39, 0.29) is 12.8 Å². The van der Waals surface area contributed by atoms with Gasteiger partial charge in [-0.05, 0) is 77.0 Å². The lowest BCUT2D eigenvalue weighted by atomic mass is 10.1. The number of phosphoric ester groups is 1. The molecule has 12 heteroatoms. The zero-order chi connectivity index (χ0) is 43.5. The summed E-state index contributed by atoms with van der Waals surface area (Å²) in [5, 5.41) is 21.7. The molecule has 3 unspecified atom stereocenters. The number of carbonyl (C=O) groups excluding carboxylic acids is 2. The van der Waals surface area contributed by atoms with E-state index in [0.717, 1.165) is 77.0 Å². The topological polar surface area (TPSA) is 169 Å². The Kier molecular flexibility index (Phi) is 38.6. The number of unbranched alkanes of at least 4 members (excludes halogenated alkanes) is 10. The molecule has 0 aromatic carbocycles. The highest BCUT2D eigenvalue weighted by molar-refractivity contribution is 7.47. The minimum atomic E-state index is -4.79. The van der Waals surface area contributed by atoms with E-state index in [0.29, 0.717) is 12.8 Å². The monoisotopic (exact) mass is 846 g/mol. The summed E-state index contributed by atoms with van der Waals surface area (Å²) in [6.45, 7) is 2.37. The van der Waals surface area contributed by atoms with Gasteiger partial charge in [0.2, 0.25) is 5.91 Å². The normalized spacial score (nSPS) is 14.6. The second-order valence-electron chi connectivity index (χ2n) is 14.2. The average molecular weight is 846 g/mol. The SMILES string of the molecule is CC/C=C\C/C=C\C/C=C\C/C=C\C/C=C\C/C=C\C/C=C\CC(=O)NC(COP(=O)(O)OCC(O)COC(=O)CCCCCCC/C=C\CCCCCCC)C(=O)O.